The summed E-state index contributed by atoms with van der Waals surface area (Å²) in [4.78, 5) is 56.4. The Morgan fingerprint density at radius 3 is 2.41 bits per heavy atom. The van der Waals surface area contributed by atoms with Gasteiger partial charge >= 0.3 is 0 Å². The second-order valence-electron chi connectivity index (χ2n) is 10.4. The highest BCUT2D eigenvalue weighted by Crippen LogP contribution is 2.20. The minimum absolute atomic E-state index is 0.0364. The number of hydrogen-bond donors (Lipinski definition) is 4. The second-order valence-corrected chi connectivity index (χ2v) is 10.4. The summed E-state index contributed by atoms with van der Waals surface area (Å²) in [5, 5.41) is 11.4. The summed E-state index contributed by atoms with van der Waals surface area (Å²) in [6.45, 7) is 8.12. The van der Waals surface area contributed by atoms with Crippen molar-refractivity contribution in [1.82, 2.24) is 26.3 Å². The maximum Gasteiger partial charge on any atom is 0.255 e. The van der Waals surface area contributed by atoms with Crippen LogP contribution in [0.1, 0.15) is 56.5 Å². The molecule has 1 aromatic heterocycles. The van der Waals surface area contributed by atoms with Gasteiger partial charge in [-0.3, -0.25) is 24.2 Å². The molecule has 0 aliphatic carbocycles. The highest BCUT2D eigenvalue weighted by atomic mass is 16.5. The summed E-state index contributed by atoms with van der Waals surface area (Å²) in [7, 11) is 0. The Morgan fingerprint density at radius 1 is 1.00 bits per heavy atom. The van der Waals surface area contributed by atoms with Crippen LogP contribution in [-0.4, -0.2) is 59.9 Å². The van der Waals surface area contributed by atoms with Crippen molar-refractivity contribution in [2.45, 2.75) is 65.1 Å². The summed E-state index contributed by atoms with van der Waals surface area (Å²) in [5.41, 5.74) is 1.28. The Labute approximate surface area is 229 Å². The number of nitrogens with zero attached hydrogens (tertiary/aromatic N) is 1. The van der Waals surface area contributed by atoms with Gasteiger partial charge in [0.25, 0.3) is 5.91 Å². The van der Waals surface area contributed by atoms with Crippen molar-refractivity contribution in [3.63, 3.8) is 0 Å². The molecule has 0 radical (unpaired) electrons. The van der Waals surface area contributed by atoms with Crippen LogP contribution in [0, 0.1) is 11.8 Å². The van der Waals surface area contributed by atoms with Crippen LogP contribution >= 0.6 is 0 Å². The average molecular weight is 538 g/mol. The molecule has 39 heavy (non-hydrogen) atoms. The Kier molecular flexibility index (Phi) is 10.8. The summed E-state index contributed by atoms with van der Waals surface area (Å²) < 4.78 is 6.01. The number of pyridine rings is 1. The zero-order chi connectivity index (χ0) is 28.4. The van der Waals surface area contributed by atoms with E-state index in [0.717, 1.165) is 5.56 Å². The highest BCUT2D eigenvalue weighted by Gasteiger charge is 2.30. The third-order valence-electron chi connectivity index (χ3n) is 6.69. The molecule has 1 aliphatic rings. The molecule has 0 saturated heterocycles. The van der Waals surface area contributed by atoms with E-state index in [9.17, 15) is 19.2 Å². The van der Waals surface area contributed by atoms with Gasteiger partial charge < -0.3 is 26.0 Å². The van der Waals surface area contributed by atoms with Crippen molar-refractivity contribution in [3.8, 4) is 5.75 Å². The molecule has 10 heteroatoms. The third kappa shape index (κ3) is 8.80. The summed E-state index contributed by atoms with van der Waals surface area (Å²) in [6, 6.07) is 8.42. The van der Waals surface area contributed by atoms with Gasteiger partial charge in [0.15, 0.2) is 0 Å². The van der Waals surface area contributed by atoms with Gasteiger partial charge in [-0.25, -0.2) is 0 Å². The minimum Gasteiger partial charge on any atom is -0.491 e. The van der Waals surface area contributed by atoms with Crippen LogP contribution in [0.25, 0.3) is 0 Å². The number of carbonyl (C=O) groups excluding carboxylic acids is 4. The first-order valence-electron chi connectivity index (χ1n) is 13.4. The molecule has 2 aromatic rings. The van der Waals surface area contributed by atoms with E-state index in [0.29, 0.717) is 18.7 Å². The smallest absolute Gasteiger partial charge is 0.255 e. The van der Waals surface area contributed by atoms with E-state index >= 15 is 0 Å². The Balaban J connectivity index is 1.83. The first-order valence-corrected chi connectivity index (χ1v) is 13.4. The van der Waals surface area contributed by atoms with Crippen LogP contribution in [0.2, 0.25) is 0 Å². The van der Waals surface area contributed by atoms with Crippen LogP contribution in [0.15, 0.2) is 48.8 Å². The Bertz CT molecular complexity index is 1140. The number of carbonyl (C=O) groups is 4. The van der Waals surface area contributed by atoms with E-state index in [1.807, 2.05) is 39.8 Å². The lowest BCUT2D eigenvalue weighted by Crippen LogP contribution is -2.54. The van der Waals surface area contributed by atoms with E-state index in [1.165, 1.54) is 0 Å². The molecule has 0 bridgehead atoms. The van der Waals surface area contributed by atoms with E-state index < -0.39 is 23.9 Å². The van der Waals surface area contributed by atoms with E-state index in [1.54, 1.807) is 36.7 Å². The predicted octanol–water partition coefficient (Wildman–Crippen LogP) is 1.99. The molecule has 1 aromatic carbocycles. The predicted molar refractivity (Wildman–Crippen MR) is 147 cm³/mol. The lowest BCUT2D eigenvalue weighted by molar-refractivity contribution is -0.131. The molecule has 4 N–H and O–H groups in total. The molecular weight excluding hydrogens is 498 g/mol. The molecule has 3 rings (SSSR count). The van der Waals surface area contributed by atoms with Crippen molar-refractivity contribution >= 4 is 23.6 Å². The molecule has 0 unspecified atom stereocenters. The number of amides is 4. The summed E-state index contributed by atoms with van der Waals surface area (Å²) in [5.74, 6) is -1.34. The van der Waals surface area contributed by atoms with Gasteiger partial charge in [0.05, 0.1) is 11.6 Å². The Hall–Kier alpha value is -3.95. The molecule has 2 heterocycles. The van der Waals surface area contributed by atoms with Crippen molar-refractivity contribution in [2.24, 2.45) is 11.8 Å². The molecule has 0 fully saturated rings. The number of nitrogens with one attached hydrogen (secondary N) is 4. The van der Waals surface area contributed by atoms with Gasteiger partial charge in [0.2, 0.25) is 17.7 Å². The van der Waals surface area contributed by atoms with Crippen molar-refractivity contribution in [3.05, 3.63) is 59.9 Å². The van der Waals surface area contributed by atoms with Gasteiger partial charge in [0.1, 0.15) is 24.4 Å². The fourth-order valence-electron chi connectivity index (χ4n) is 4.20. The molecule has 0 saturated carbocycles. The van der Waals surface area contributed by atoms with Crippen LogP contribution in [0.5, 0.6) is 5.75 Å². The van der Waals surface area contributed by atoms with Gasteiger partial charge in [0, 0.05) is 25.4 Å². The number of ether oxygens (including phenoxy) is 1. The van der Waals surface area contributed by atoms with Gasteiger partial charge in [-0.2, -0.15) is 0 Å². The fraction of sp³-hybridized carbons (Fsp3) is 0.483. The van der Waals surface area contributed by atoms with E-state index in [4.69, 9.17) is 4.74 Å². The molecule has 4 amide bonds. The summed E-state index contributed by atoms with van der Waals surface area (Å²) in [6.07, 6.45) is 3.97. The molecule has 10 nitrogen and oxygen atoms in total. The highest BCUT2D eigenvalue weighted by molar-refractivity contribution is 5.99. The zero-order valence-electron chi connectivity index (χ0n) is 23.0. The van der Waals surface area contributed by atoms with Crippen LogP contribution in [-0.2, 0) is 20.8 Å². The molecular formula is C29H39N5O5. The second kappa shape index (κ2) is 14.3. The topological polar surface area (TPSA) is 139 Å². The fourth-order valence-corrected chi connectivity index (χ4v) is 4.20. The van der Waals surface area contributed by atoms with Crippen LogP contribution in [0.3, 0.4) is 0 Å². The SMILES string of the molecule is CC(C)[C@H]1COc2ccccc2C(=O)N[C@H](C(=O)NCCc2ccncc2)CCC(=O)N[C@H](C(C)C)C(=O)N1. The maximum absolute atomic E-state index is 13.3. The largest absolute Gasteiger partial charge is 0.491 e. The zero-order valence-corrected chi connectivity index (χ0v) is 23.0. The number of para-hydroxylation sites is 1. The first-order chi connectivity index (χ1) is 18.7. The van der Waals surface area contributed by atoms with Crippen molar-refractivity contribution in [2.75, 3.05) is 13.2 Å². The van der Waals surface area contributed by atoms with Gasteiger partial charge in [-0.15, -0.1) is 0 Å². The monoisotopic (exact) mass is 537 g/mol. The minimum atomic E-state index is -0.964. The molecule has 0 spiro atoms. The Morgan fingerprint density at radius 2 is 1.72 bits per heavy atom. The van der Waals surface area contributed by atoms with E-state index in [-0.39, 0.29) is 54.7 Å². The lowest BCUT2D eigenvalue weighted by Gasteiger charge is -2.27. The normalized spacial score (nSPS) is 21.0. The number of aromatic nitrogens is 1. The average Bonchev–Trinajstić information content (AvgIpc) is 2.91. The van der Waals surface area contributed by atoms with E-state index in [2.05, 4.69) is 26.3 Å². The molecule has 210 valence electrons. The van der Waals surface area contributed by atoms with Gasteiger partial charge in [-0.1, -0.05) is 39.8 Å². The van der Waals surface area contributed by atoms with Crippen LogP contribution < -0.4 is 26.0 Å². The first kappa shape index (κ1) is 29.6. The van der Waals surface area contributed by atoms with Crippen molar-refractivity contribution < 1.29 is 23.9 Å². The number of fused-ring (bicyclic) bond motifs is 1. The van der Waals surface area contributed by atoms with Crippen LogP contribution in [0.4, 0.5) is 0 Å². The number of hydrogen-bond acceptors (Lipinski definition) is 6. The number of benzene rings is 1. The standard InChI is InChI=1S/C29H39N5O5/c1-18(2)23-17-39-24-8-6-5-7-21(24)27(36)32-22(28(37)31-16-13-20-11-14-30-15-12-20)9-10-25(35)34-26(19(3)4)29(38)33-23/h5-8,11-12,14-15,18-19,22-23,26H,9-10,13,16-17H2,1-4H3,(H,31,37)(H,32,36)(H,33,38)(H,34,35)/t22-,23+,26+/m0/s1. The lowest BCUT2D eigenvalue weighted by atomic mass is 10.00. The quantitative estimate of drug-likeness (QED) is 0.445. The molecule has 1 aliphatic heterocycles. The maximum atomic E-state index is 13.3. The molecule has 3 atom stereocenters. The summed E-state index contributed by atoms with van der Waals surface area (Å²) >= 11 is 0. The number of rotatable bonds is 6. The third-order valence-corrected chi connectivity index (χ3v) is 6.69. The van der Waals surface area contributed by atoms with Gasteiger partial charge in [-0.05, 0) is 54.5 Å². The van der Waals surface area contributed by atoms with Crippen molar-refractivity contribution in [1.29, 1.82) is 0 Å².